The van der Waals surface area contributed by atoms with Gasteiger partial charge >= 0.3 is 6.03 Å². The third kappa shape index (κ3) is 3.35. The van der Waals surface area contributed by atoms with Crippen LogP contribution in [0.15, 0.2) is 53.1 Å². The molecule has 0 saturated heterocycles. The molecule has 0 spiro atoms. The molecule has 24 heavy (non-hydrogen) atoms. The standard InChI is InChI=1S/C17H16BrFN4O/c18-10-3-1-4-11(7-10)22-17(24)21-9-15-16-12(14(8-20)23-15)5-2-6-13(16)19/h1-8,15,23H,9,20H2,(H2,21,22,24)/b14-8-. The second kappa shape index (κ2) is 6.92. The van der Waals surface area contributed by atoms with E-state index in [2.05, 4.69) is 31.9 Å². The summed E-state index contributed by atoms with van der Waals surface area (Å²) in [5, 5.41) is 8.59. The van der Waals surface area contributed by atoms with E-state index in [1.54, 1.807) is 24.3 Å². The summed E-state index contributed by atoms with van der Waals surface area (Å²) in [6.07, 6.45) is 1.40. The van der Waals surface area contributed by atoms with Crippen LogP contribution in [0.1, 0.15) is 17.2 Å². The van der Waals surface area contributed by atoms with Gasteiger partial charge < -0.3 is 21.7 Å². The van der Waals surface area contributed by atoms with Crippen LogP contribution in [0, 0.1) is 5.82 Å². The van der Waals surface area contributed by atoms with Gasteiger partial charge in [0.2, 0.25) is 0 Å². The average molecular weight is 391 g/mol. The Bertz CT molecular complexity index is 809. The molecule has 124 valence electrons. The van der Waals surface area contributed by atoms with Crippen LogP contribution in [-0.2, 0) is 0 Å². The Hall–Kier alpha value is -2.54. The van der Waals surface area contributed by atoms with Crippen molar-refractivity contribution in [2.45, 2.75) is 6.04 Å². The zero-order valence-electron chi connectivity index (χ0n) is 12.6. The molecule has 2 aromatic carbocycles. The number of urea groups is 1. The van der Waals surface area contributed by atoms with Gasteiger partial charge in [-0.2, -0.15) is 0 Å². The Labute approximate surface area is 147 Å². The Morgan fingerprint density at radius 3 is 2.88 bits per heavy atom. The van der Waals surface area contributed by atoms with E-state index >= 15 is 0 Å². The predicted octanol–water partition coefficient (Wildman–Crippen LogP) is 3.31. The highest BCUT2D eigenvalue weighted by Crippen LogP contribution is 2.33. The number of hydrogen-bond donors (Lipinski definition) is 4. The highest BCUT2D eigenvalue weighted by Gasteiger charge is 2.28. The lowest BCUT2D eigenvalue weighted by Crippen LogP contribution is -2.35. The van der Waals surface area contributed by atoms with Crippen LogP contribution in [0.5, 0.6) is 0 Å². The van der Waals surface area contributed by atoms with Crippen molar-refractivity contribution >= 4 is 33.3 Å². The smallest absolute Gasteiger partial charge is 0.319 e. The van der Waals surface area contributed by atoms with Crippen LogP contribution in [0.4, 0.5) is 14.9 Å². The number of nitrogens with two attached hydrogens (primary N) is 1. The number of carbonyl (C=O) groups excluding carboxylic acids is 1. The molecule has 0 aromatic heterocycles. The molecule has 2 amide bonds. The largest absolute Gasteiger partial charge is 0.403 e. The summed E-state index contributed by atoms with van der Waals surface area (Å²) in [7, 11) is 0. The molecule has 7 heteroatoms. The molecule has 1 aliphatic heterocycles. The normalized spacial score (nSPS) is 17.2. The van der Waals surface area contributed by atoms with Gasteiger partial charge in [0, 0.05) is 34.0 Å². The fourth-order valence-corrected chi connectivity index (χ4v) is 3.09. The molecule has 0 radical (unpaired) electrons. The molecule has 5 N–H and O–H groups in total. The van der Waals surface area contributed by atoms with E-state index in [0.717, 1.165) is 10.0 Å². The van der Waals surface area contributed by atoms with Gasteiger partial charge in [0.05, 0.1) is 11.7 Å². The number of fused-ring (bicyclic) bond motifs is 1. The van der Waals surface area contributed by atoms with Crippen molar-refractivity contribution in [3.8, 4) is 0 Å². The molecular formula is C17H16BrFN4O. The third-order valence-electron chi connectivity index (χ3n) is 3.74. The van der Waals surface area contributed by atoms with E-state index in [9.17, 15) is 9.18 Å². The Kier molecular flexibility index (Phi) is 4.71. The molecule has 1 aliphatic rings. The number of carbonyl (C=O) groups is 1. The Balaban J connectivity index is 1.67. The number of anilines is 1. The Morgan fingerprint density at radius 2 is 2.12 bits per heavy atom. The van der Waals surface area contributed by atoms with E-state index in [1.807, 2.05) is 12.1 Å². The molecule has 1 heterocycles. The van der Waals surface area contributed by atoms with Crippen LogP contribution >= 0.6 is 15.9 Å². The van der Waals surface area contributed by atoms with Crippen molar-refractivity contribution in [1.29, 1.82) is 0 Å². The number of rotatable bonds is 3. The highest BCUT2D eigenvalue weighted by atomic mass is 79.9. The van der Waals surface area contributed by atoms with Gasteiger partial charge in [0.1, 0.15) is 5.82 Å². The topological polar surface area (TPSA) is 79.2 Å². The van der Waals surface area contributed by atoms with Crippen LogP contribution in [-0.4, -0.2) is 12.6 Å². The van der Waals surface area contributed by atoms with Crippen molar-refractivity contribution in [3.63, 3.8) is 0 Å². The first-order valence-corrected chi connectivity index (χ1v) is 8.15. The van der Waals surface area contributed by atoms with E-state index < -0.39 is 0 Å². The minimum Gasteiger partial charge on any atom is -0.403 e. The quantitative estimate of drug-likeness (QED) is 0.648. The number of halogens is 2. The number of nitrogens with one attached hydrogen (secondary N) is 3. The first-order valence-electron chi connectivity index (χ1n) is 7.36. The maximum atomic E-state index is 14.1. The lowest BCUT2D eigenvalue weighted by Gasteiger charge is -2.15. The fraction of sp³-hybridized carbons (Fsp3) is 0.118. The van der Waals surface area contributed by atoms with E-state index in [0.29, 0.717) is 16.9 Å². The summed E-state index contributed by atoms with van der Waals surface area (Å²) in [6.45, 7) is 0.227. The number of benzene rings is 2. The van der Waals surface area contributed by atoms with Gasteiger partial charge in [-0.05, 0) is 24.3 Å². The summed E-state index contributed by atoms with van der Waals surface area (Å²) < 4.78 is 15.0. The summed E-state index contributed by atoms with van der Waals surface area (Å²) in [5.41, 5.74) is 8.13. The molecule has 1 atom stereocenters. The van der Waals surface area contributed by atoms with Gasteiger partial charge in [-0.1, -0.05) is 34.1 Å². The second-order valence-electron chi connectivity index (χ2n) is 5.32. The maximum Gasteiger partial charge on any atom is 0.319 e. The van der Waals surface area contributed by atoms with Crippen molar-refractivity contribution < 1.29 is 9.18 Å². The summed E-state index contributed by atoms with van der Waals surface area (Å²) in [6, 6.07) is 11.4. The zero-order valence-corrected chi connectivity index (χ0v) is 14.2. The summed E-state index contributed by atoms with van der Waals surface area (Å²) in [5.74, 6) is -0.323. The predicted molar refractivity (Wildman–Crippen MR) is 95.6 cm³/mol. The van der Waals surface area contributed by atoms with Crippen molar-refractivity contribution in [1.82, 2.24) is 10.6 Å². The van der Waals surface area contributed by atoms with Crippen LogP contribution in [0.25, 0.3) is 5.70 Å². The van der Waals surface area contributed by atoms with Gasteiger partial charge in [-0.25, -0.2) is 9.18 Å². The average Bonchev–Trinajstić information content (AvgIpc) is 2.92. The zero-order chi connectivity index (χ0) is 17.1. The maximum absolute atomic E-state index is 14.1. The summed E-state index contributed by atoms with van der Waals surface area (Å²) >= 11 is 3.34. The van der Waals surface area contributed by atoms with Crippen molar-refractivity contribution in [2.75, 3.05) is 11.9 Å². The van der Waals surface area contributed by atoms with E-state index in [4.69, 9.17) is 5.73 Å². The lowest BCUT2D eigenvalue weighted by atomic mass is 10.0. The number of amides is 2. The van der Waals surface area contributed by atoms with Crippen molar-refractivity contribution in [2.24, 2.45) is 5.73 Å². The molecule has 0 bridgehead atoms. The molecule has 3 rings (SSSR count). The summed E-state index contributed by atoms with van der Waals surface area (Å²) in [4.78, 5) is 12.0. The van der Waals surface area contributed by atoms with E-state index in [-0.39, 0.29) is 24.4 Å². The van der Waals surface area contributed by atoms with Gasteiger partial charge in [-0.3, -0.25) is 0 Å². The van der Waals surface area contributed by atoms with Crippen molar-refractivity contribution in [3.05, 3.63) is 70.1 Å². The highest BCUT2D eigenvalue weighted by molar-refractivity contribution is 9.10. The van der Waals surface area contributed by atoms with Crippen LogP contribution < -0.4 is 21.7 Å². The first kappa shape index (κ1) is 16.3. The minimum absolute atomic E-state index is 0.227. The van der Waals surface area contributed by atoms with E-state index in [1.165, 1.54) is 12.3 Å². The molecule has 1 unspecified atom stereocenters. The molecule has 0 aliphatic carbocycles. The van der Waals surface area contributed by atoms with Crippen LogP contribution in [0.3, 0.4) is 0 Å². The molecule has 0 saturated carbocycles. The first-order chi connectivity index (χ1) is 11.6. The fourth-order valence-electron chi connectivity index (χ4n) is 2.69. The number of hydrogen-bond acceptors (Lipinski definition) is 3. The molecular weight excluding hydrogens is 375 g/mol. The second-order valence-corrected chi connectivity index (χ2v) is 6.24. The van der Waals surface area contributed by atoms with Crippen LogP contribution in [0.2, 0.25) is 0 Å². The van der Waals surface area contributed by atoms with Gasteiger partial charge in [0.15, 0.2) is 0 Å². The third-order valence-corrected chi connectivity index (χ3v) is 4.23. The molecule has 0 fully saturated rings. The monoisotopic (exact) mass is 390 g/mol. The lowest BCUT2D eigenvalue weighted by molar-refractivity contribution is 0.251. The van der Waals surface area contributed by atoms with Gasteiger partial charge in [0.25, 0.3) is 0 Å². The SMILES string of the molecule is N/C=C1\NC(CNC(=O)Nc2cccc(Br)c2)c2c(F)cccc21. The van der Waals surface area contributed by atoms with Gasteiger partial charge in [-0.15, -0.1) is 0 Å². The molecule has 5 nitrogen and oxygen atoms in total. The minimum atomic E-state index is -0.371. The Morgan fingerprint density at radius 1 is 1.33 bits per heavy atom. The molecule has 2 aromatic rings.